The molecule has 0 spiro atoms. The SMILES string of the molecule is CCCC(N)C(=O)N1CCCN(C(=O)c2cccc(Cl)c2)CC1. The molecule has 1 fully saturated rings. The van der Waals surface area contributed by atoms with Gasteiger partial charge in [0.15, 0.2) is 0 Å². The Morgan fingerprint density at radius 3 is 2.61 bits per heavy atom. The lowest BCUT2D eigenvalue weighted by molar-refractivity contribution is -0.132. The molecule has 0 saturated carbocycles. The van der Waals surface area contributed by atoms with Crippen molar-refractivity contribution in [2.45, 2.75) is 32.2 Å². The Morgan fingerprint density at radius 1 is 1.22 bits per heavy atom. The van der Waals surface area contributed by atoms with E-state index in [1.165, 1.54) is 0 Å². The van der Waals surface area contributed by atoms with Gasteiger partial charge in [0.05, 0.1) is 6.04 Å². The second-order valence-electron chi connectivity index (χ2n) is 5.88. The van der Waals surface area contributed by atoms with E-state index < -0.39 is 6.04 Å². The number of hydrogen-bond acceptors (Lipinski definition) is 3. The average Bonchev–Trinajstić information content (AvgIpc) is 2.79. The number of hydrogen-bond donors (Lipinski definition) is 1. The van der Waals surface area contributed by atoms with Crippen molar-refractivity contribution in [2.24, 2.45) is 5.73 Å². The van der Waals surface area contributed by atoms with E-state index in [9.17, 15) is 9.59 Å². The number of nitrogens with zero attached hydrogens (tertiary/aromatic N) is 2. The lowest BCUT2D eigenvalue weighted by atomic mass is 10.1. The van der Waals surface area contributed by atoms with Crippen molar-refractivity contribution in [1.29, 1.82) is 0 Å². The molecule has 1 saturated heterocycles. The van der Waals surface area contributed by atoms with Gasteiger partial charge in [-0.1, -0.05) is 31.0 Å². The molecular weight excluding hydrogens is 314 g/mol. The van der Waals surface area contributed by atoms with E-state index in [2.05, 4.69) is 0 Å². The first kappa shape index (κ1) is 17.8. The Bertz CT molecular complexity index is 565. The van der Waals surface area contributed by atoms with Crippen LogP contribution in [0.4, 0.5) is 0 Å². The van der Waals surface area contributed by atoms with Gasteiger partial charge in [0.1, 0.15) is 0 Å². The number of nitrogens with two attached hydrogens (primary N) is 1. The van der Waals surface area contributed by atoms with Gasteiger partial charge in [0.25, 0.3) is 5.91 Å². The Hall–Kier alpha value is -1.59. The number of carbonyl (C=O) groups excluding carboxylic acids is 2. The van der Waals surface area contributed by atoms with Gasteiger partial charge in [-0.25, -0.2) is 0 Å². The first-order chi connectivity index (χ1) is 11.0. The van der Waals surface area contributed by atoms with E-state index in [1.54, 1.807) is 34.1 Å². The predicted molar refractivity (Wildman–Crippen MR) is 91.4 cm³/mol. The summed E-state index contributed by atoms with van der Waals surface area (Å²) in [6.45, 7) is 4.35. The second kappa shape index (κ2) is 8.31. The number of amides is 2. The third kappa shape index (κ3) is 4.69. The highest BCUT2D eigenvalue weighted by molar-refractivity contribution is 6.30. The Morgan fingerprint density at radius 2 is 1.91 bits per heavy atom. The monoisotopic (exact) mass is 337 g/mol. The molecule has 0 radical (unpaired) electrons. The number of carbonyl (C=O) groups is 2. The molecule has 1 aromatic carbocycles. The summed E-state index contributed by atoms with van der Waals surface area (Å²) in [5.41, 5.74) is 6.51. The largest absolute Gasteiger partial charge is 0.340 e. The van der Waals surface area contributed by atoms with E-state index in [1.807, 2.05) is 6.92 Å². The van der Waals surface area contributed by atoms with Crippen molar-refractivity contribution in [1.82, 2.24) is 9.80 Å². The van der Waals surface area contributed by atoms with E-state index >= 15 is 0 Å². The van der Waals surface area contributed by atoms with Crippen LogP contribution in [0.25, 0.3) is 0 Å². The summed E-state index contributed by atoms with van der Waals surface area (Å²) in [7, 11) is 0. The molecule has 1 unspecified atom stereocenters. The summed E-state index contributed by atoms with van der Waals surface area (Å²) in [6, 6.07) is 6.52. The molecule has 6 heteroatoms. The number of benzene rings is 1. The van der Waals surface area contributed by atoms with Crippen molar-refractivity contribution >= 4 is 23.4 Å². The summed E-state index contributed by atoms with van der Waals surface area (Å²) >= 11 is 5.95. The smallest absolute Gasteiger partial charge is 0.253 e. The highest BCUT2D eigenvalue weighted by Gasteiger charge is 2.25. The zero-order valence-electron chi connectivity index (χ0n) is 13.5. The zero-order chi connectivity index (χ0) is 16.8. The summed E-state index contributed by atoms with van der Waals surface area (Å²) in [5.74, 6) is -0.0523. The van der Waals surface area contributed by atoms with Gasteiger partial charge in [0.2, 0.25) is 5.91 Å². The molecule has 1 aromatic rings. The molecule has 0 aliphatic carbocycles. The zero-order valence-corrected chi connectivity index (χ0v) is 14.3. The number of halogens is 1. The van der Waals surface area contributed by atoms with E-state index in [0.29, 0.717) is 43.2 Å². The molecule has 2 rings (SSSR count). The Kier molecular flexibility index (Phi) is 6.42. The van der Waals surface area contributed by atoms with Crippen molar-refractivity contribution in [2.75, 3.05) is 26.2 Å². The van der Waals surface area contributed by atoms with Gasteiger partial charge in [-0.2, -0.15) is 0 Å². The normalized spacial score (nSPS) is 16.8. The molecule has 1 aliphatic rings. The third-order valence-corrected chi connectivity index (χ3v) is 4.32. The fourth-order valence-electron chi connectivity index (χ4n) is 2.81. The van der Waals surface area contributed by atoms with Crippen LogP contribution in [0.1, 0.15) is 36.5 Å². The Balaban J connectivity index is 1.98. The van der Waals surface area contributed by atoms with E-state index in [4.69, 9.17) is 17.3 Å². The van der Waals surface area contributed by atoms with Crippen LogP contribution in [0.2, 0.25) is 5.02 Å². The third-order valence-electron chi connectivity index (χ3n) is 4.08. The quantitative estimate of drug-likeness (QED) is 0.915. The molecule has 0 aromatic heterocycles. The minimum atomic E-state index is -0.435. The highest BCUT2D eigenvalue weighted by atomic mass is 35.5. The molecule has 126 valence electrons. The maximum Gasteiger partial charge on any atom is 0.253 e. The summed E-state index contributed by atoms with van der Waals surface area (Å²) in [6.07, 6.45) is 2.34. The van der Waals surface area contributed by atoms with Gasteiger partial charge in [-0.05, 0) is 31.0 Å². The van der Waals surface area contributed by atoms with E-state index in [0.717, 1.165) is 12.8 Å². The minimum Gasteiger partial charge on any atom is -0.340 e. The molecule has 2 N–H and O–H groups in total. The van der Waals surface area contributed by atoms with Crippen LogP contribution in [-0.2, 0) is 4.79 Å². The van der Waals surface area contributed by atoms with Gasteiger partial charge < -0.3 is 15.5 Å². The van der Waals surface area contributed by atoms with E-state index in [-0.39, 0.29) is 11.8 Å². The van der Waals surface area contributed by atoms with Gasteiger partial charge in [-0.15, -0.1) is 0 Å². The van der Waals surface area contributed by atoms with Crippen LogP contribution in [0, 0.1) is 0 Å². The molecule has 0 bridgehead atoms. The lowest BCUT2D eigenvalue weighted by Crippen LogP contribution is -2.45. The van der Waals surface area contributed by atoms with Crippen molar-refractivity contribution < 1.29 is 9.59 Å². The highest BCUT2D eigenvalue weighted by Crippen LogP contribution is 2.14. The molecule has 5 nitrogen and oxygen atoms in total. The summed E-state index contributed by atoms with van der Waals surface area (Å²) in [5, 5.41) is 0.549. The van der Waals surface area contributed by atoms with Crippen LogP contribution in [-0.4, -0.2) is 53.8 Å². The molecule has 23 heavy (non-hydrogen) atoms. The summed E-state index contributed by atoms with van der Waals surface area (Å²) in [4.78, 5) is 28.4. The molecule has 1 atom stereocenters. The van der Waals surface area contributed by atoms with Crippen LogP contribution in [0.15, 0.2) is 24.3 Å². The maximum absolute atomic E-state index is 12.6. The van der Waals surface area contributed by atoms with Gasteiger partial charge >= 0.3 is 0 Å². The first-order valence-corrected chi connectivity index (χ1v) is 8.50. The molecule has 1 aliphatic heterocycles. The maximum atomic E-state index is 12.6. The fourth-order valence-corrected chi connectivity index (χ4v) is 3.00. The van der Waals surface area contributed by atoms with Crippen molar-refractivity contribution in [3.63, 3.8) is 0 Å². The van der Waals surface area contributed by atoms with Crippen LogP contribution >= 0.6 is 11.6 Å². The second-order valence-corrected chi connectivity index (χ2v) is 6.31. The van der Waals surface area contributed by atoms with Crippen molar-refractivity contribution in [3.8, 4) is 0 Å². The lowest BCUT2D eigenvalue weighted by Gasteiger charge is -2.24. The van der Waals surface area contributed by atoms with Crippen molar-refractivity contribution in [3.05, 3.63) is 34.9 Å². The molecule has 2 amide bonds. The number of rotatable bonds is 4. The van der Waals surface area contributed by atoms with Crippen LogP contribution in [0.3, 0.4) is 0 Å². The fraction of sp³-hybridized carbons (Fsp3) is 0.529. The summed E-state index contributed by atoms with van der Waals surface area (Å²) < 4.78 is 0. The van der Waals surface area contributed by atoms with Crippen LogP contribution in [0.5, 0.6) is 0 Å². The molecular formula is C17H24ClN3O2. The molecule has 1 heterocycles. The van der Waals surface area contributed by atoms with Gasteiger partial charge in [0, 0.05) is 36.8 Å². The minimum absolute atomic E-state index is 0.0103. The first-order valence-electron chi connectivity index (χ1n) is 8.12. The van der Waals surface area contributed by atoms with Gasteiger partial charge in [-0.3, -0.25) is 9.59 Å². The topological polar surface area (TPSA) is 66.6 Å². The standard InChI is InChI=1S/C17H24ClN3O2/c1-2-5-15(19)17(23)21-9-4-8-20(10-11-21)16(22)13-6-3-7-14(18)12-13/h3,6-7,12,15H,2,4-5,8-11,19H2,1H3. The Labute approximate surface area is 142 Å². The predicted octanol–water partition coefficient (Wildman–Crippen LogP) is 2.14. The van der Waals surface area contributed by atoms with Crippen LogP contribution < -0.4 is 5.73 Å². The average molecular weight is 338 g/mol.